The molecule has 0 aliphatic carbocycles. The van der Waals surface area contributed by atoms with E-state index < -0.39 is 35.3 Å². The number of morpholine rings is 1. The van der Waals surface area contributed by atoms with Crippen LogP contribution in [0.4, 0.5) is 18.9 Å². The Balaban J connectivity index is 2.08. The van der Waals surface area contributed by atoms with E-state index in [0.29, 0.717) is 18.8 Å². The van der Waals surface area contributed by atoms with Crippen molar-refractivity contribution in [2.24, 2.45) is 0 Å². The number of nitrogens with zero attached hydrogens (tertiary/aromatic N) is 1. The van der Waals surface area contributed by atoms with E-state index in [2.05, 4.69) is 10.1 Å². The summed E-state index contributed by atoms with van der Waals surface area (Å²) in [5.41, 5.74) is 0.759. The Hall–Kier alpha value is -1.69. The molecule has 1 saturated heterocycles. The molecule has 1 fully saturated rings. The number of halogens is 3. The lowest BCUT2D eigenvalue weighted by Gasteiger charge is -2.26. The van der Waals surface area contributed by atoms with Crippen molar-refractivity contribution in [1.82, 2.24) is 4.31 Å². The van der Waals surface area contributed by atoms with Crippen LogP contribution in [0.5, 0.6) is 0 Å². The molecule has 0 saturated carbocycles. The summed E-state index contributed by atoms with van der Waals surface area (Å²) in [6.45, 7) is 0.352. The van der Waals surface area contributed by atoms with Gasteiger partial charge in [-0.05, 0) is 24.6 Å². The van der Waals surface area contributed by atoms with Crippen LogP contribution in [0.15, 0.2) is 23.1 Å². The van der Waals surface area contributed by atoms with Gasteiger partial charge in [0, 0.05) is 18.8 Å². The van der Waals surface area contributed by atoms with Gasteiger partial charge < -0.3 is 14.8 Å². The number of hydrogen-bond acceptors (Lipinski definition) is 5. The first-order chi connectivity index (χ1) is 12.1. The number of hydrogen-bond donors (Lipinski definition) is 1. The number of nitrogens with one attached hydrogen (secondary N) is 1. The predicted octanol–water partition coefficient (Wildman–Crippen LogP) is 1.53. The molecule has 1 N–H and O–H groups in total. The topological polar surface area (TPSA) is 84.9 Å². The summed E-state index contributed by atoms with van der Waals surface area (Å²) in [5, 5.41) is 2.37. The maximum absolute atomic E-state index is 12.6. The summed E-state index contributed by atoms with van der Waals surface area (Å²) in [6.07, 6.45) is -4.53. The molecule has 0 bridgehead atoms. The Kier molecular flexibility index (Phi) is 6.61. The summed E-state index contributed by atoms with van der Waals surface area (Å²) >= 11 is 0. The first kappa shape index (κ1) is 20.6. The molecule has 1 aromatic carbocycles. The molecule has 146 valence electrons. The van der Waals surface area contributed by atoms with Crippen LogP contribution < -0.4 is 5.32 Å². The van der Waals surface area contributed by atoms with E-state index in [1.54, 1.807) is 6.92 Å². The number of benzene rings is 1. The molecule has 2 rings (SSSR count). The first-order valence-corrected chi connectivity index (χ1v) is 9.16. The van der Waals surface area contributed by atoms with Crippen molar-refractivity contribution in [3.05, 3.63) is 23.8 Å². The average Bonchev–Trinajstić information content (AvgIpc) is 2.56. The standard InChI is InChI=1S/C15H19F3N2O5S/c1-11-2-3-12(26(22,23)20-4-6-24-7-5-20)8-13(11)19-14(21)9-25-10-15(16,17)18/h2-3,8H,4-7,9-10H2,1H3,(H,19,21). The Morgan fingerprint density at radius 1 is 1.31 bits per heavy atom. The van der Waals surface area contributed by atoms with Gasteiger partial charge in [0.1, 0.15) is 13.2 Å². The zero-order chi connectivity index (χ0) is 19.4. The van der Waals surface area contributed by atoms with Gasteiger partial charge in [0.2, 0.25) is 15.9 Å². The second-order valence-electron chi connectivity index (χ2n) is 5.65. The molecule has 0 atom stereocenters. The molecule has 1 aliphatic rings. The van der Waals surface area contributed by atoms with Crippen molar-refractivity contribution in [1.29, 1.82) is 0 Å². The van der Waals surface area contributed by atoms with E-state index >= 15 is 0 Å². The summed E-state index contributed by atoms with van der Waals surface area (Å²) < 4.78 is 72.0. The average molecular weight is 396 g/mol. The lowest BCUT2D eigenvalue weighted by molar-refractivity contribution is -0.174. The number of sulfonamides is 1. The van der Waals surface area contributed by atoms with Crippen LogP contribution in [-0.4, -0.2) is 64.3 Å². The van der Waals surface area contributed by atoms with Gasteiger partial charge in [-0.25, -0.2) is 8.42 Å². The lowest BCUT2D eigenvalue weighted by Crippen LogP contribution is -2.40. The molecular formula is C15H19F3N2O5S. The van der Waals surface area contributed by atoms with E-state index in [1.807, 2.05) is 0 Å². The molecule has 0 unspecified atom stereocenters. The van der Waals surface area contributed by atoms with Crippen molar-refractivity contribution in [2.45, 2.75) is 18.0 Å². The van der Waals surface area contributed by atoms with Gasteiger partial charge >= 0.3 is 6.18 Å². The predicted molar refractivity (Wildman–Crippen MR) is 86.3 cm³/mol. The van der Waals surface area contributed by atoms with E-state index in [4.69, 9.17) is 4.74 Å². The Bertz CT molecular complexity index is 746. The van der Waals surface area contributed by atoms with E-state index in [9.17, 15) is 26.4 Å². The fourth-order valence-electron chi connectivity index (χ4n) is 2.28. The highest BCUT2D eigenvalue weighted by molar-refractivity contribution is 7.89. The number of amides is 1. The number of ether oxygens (including phenoxy) is 2. The zero-order valence-electron chi connectivity index (χ0n) is 14.0. The SMILES string of the molecule is Cc1ccc(S(=O)(=O)N2CCOCC2)cc1NC(=O)COCC(F)(F)F. The fraction of sp³-hybridized carbons (Fsp3) is 0.533. The number of carbonyl (C=O) groups excluding carboxylic acids is 1. The minimum Gasteiger partial charge on any atom is -0.379 e. The number of alkyl halides is 3. The van der Waals surface area contributed by atoms with Crippen LogP contribution in [0.2, 0.25) is 0 Å². The second-order valence-corrected chi connectivity index (χ2v) is 7.59. The molecule has 0 aromatic heterocycles. The number of aryl methyl sites for hydroxylation is 1. The Morgan fingerprint density at radius 3 is 2.58 bits per heavy atom. The van der Waals surface area contributed by atoms with Gasteiger partial charge in [0.15, 0.2) is 0 Å². The van der Waals surface area contributed by atoms with E-state index in [0.717, 1.165) is 0 Å². The van der Waals surface area contributed by atoms with Crippen molar-refractivity contribution < 1.29 is 35.9 Å². The highest BCUT2D eigenvalue weighted by atomic mass is 32.2. The van der Waals surface area contributed by atoms with Crippen LogP contribution in [0.3, 0.4) is 0 Å². The quantitative estimate of drug-likeness (QED) is 0.788. The minimum absolute atomic E-state index is 0.0171. The van der Waals surface area contributed by atoms with Crippen molar-refractivity contribution in [3.8, 4) is 0 Å². The molecule has 1 amide bonds. The first-order valence-electron chi connectivity index (χ1n) is 7.72. The van der Waals surface area contributed by atoms with Gasteiger partial charge in [-0.3, -0.25) is 4.79 Å². The van der Waals surface area contributed by atoms with Crippen molar-refractivity contribution in [3.63, 3.8) is 0 Å². The lowest BCUT2D eigenvalue weighted by atomic mass is 10.2. The van der Waals surface area contributed by atoms with Gasteiger partial charge in [-0.15, -0.1) is 0 Å². The summed E-state index contributed by atoms with van der Waals surface area (Å²) in [4.78, 5) is 11.7. The molecular weight excluding hydrogens is 377 g/mol. The van der Waals surface area contributed by atoms with Crippen LogP contribution in [-0.2, 0) is 24.3 Å². The third kappa shape index (κ3) is 5.66. The van der Waals surface area contributed by atoms with Crippen molar-refractivity contribution in [2.75, 3.05) is 44.8 Å². The maximum Gasteiger partial charge on any atom is 0.411 e. The summed E-state index contributed by atoms with van der Waals surface area (Å²) in [7, 11) is -3.75. The molecule has 7 nitrogen and oxygen atoms in total. The molecule has 1 heterocycles. The zero-order valence-corrected chi connectivity index (χ0v) is 14.8. The third-order valence-corrected chi connectivity index (χ3v) is 5.48. The second kappa shape index (κ2) is 8.33. The molecule has 0 radical (unpaired) electrons. The molecule has 26 heavy (non-hydrogen) atoms. The van der Waals surface area contributed by atoms with Gasteiger partial charge in [-0.2, -0.15) is 17.5 Å². The van der Waals surface area contributed by atoms with Gasteiger partial charge in [0.25, 0.3) is 0 Å². The normalized spacial score (nSPS) is 16.5. The largest absolute Gasteiger partial charge is 0.411 e. The van der Waals surface area contributed by atoms with Crippen molar-refractivity contribution >= 4 is 21.6 Å². The molecule has 0 spiro atoms. The fourth-order valence-corrected chi connectivity index (χ4v) is 3.71. The smallest absolute Gasteiger partial charge is 0.379 e. The minimum atomic E-state index is -4.53. The Labute approximate surface area is 149 Å². The van der Waals surface area contributed by atoms with E-state index in [1.165, 1.54) is 22.5 Å². The monoisotopic (exact) mass is 396 g/mol. The Morgan fingerprint density at radius 2 is 1.96 bits per heavy atom. The van der Waals surface area contributed by atoms with Crippen LogP contribution in [0.25, 0.3) is 0 Å². The maximum atomic E-state index is 12.6. The number of anilines is 1. The molecule has 1 aliphatic heterocycles. The van der Waals surface area contributed by atoms with Gasteiger partial charge in [0.05, 0.1) is 18.1 Å². The summed E-state index contributed by atoms with van der Waals surface area (Å²) in [6, 6.07) is 4.21. The third-order valence-electron chi connectivity index (χ3n) is 3.59. The molecule has 1 aromatic rings. The van der Waals surface area contributed by atoms with Gasteiger partial charge in [-0.1, -0.05) is 6.07 Å². The van der Waals surface area contributed by atoms with Crippen LogP contribution in [0.1, 0.15) is 5.56 Å². The number of rotatable bonds is 6. The van der Waals surface area contributed by atoms with Crippen LogP contribution >= 0.6 is 0 Å². The molecule has 11 heteroatoms. The van der Waals surface area contributed by atoms with E-state index in [-0.39, 0.29) is 23.7 Å². The summed E-state index contributed by atoms with van der Waals surface area (Å²) in [5.74, 6) is -0.807. The number of carbonyl (C=O) groups is 1. The highest BCUT2D eigenvalue weighted by Gasteiger charge is 2.28. The van der Waals surface area contributed by atoms with Crippen LogP contribution in [0, 0.1) is 6.92 Å². The highest BCUT2D eigenvalue weighted by Crippen LogP contribution is 2.23.